The Kier molecular flexibility index (Phi) is 3.98. The molecule has 1 fully saturated rings. The van der Waals surface area contributed by atoms with Crippen LogP contribution in [0.4, 0.5) is 0 Å². The van der Waals surface area contributed by atoms with Crippen LogP contribution in [-0.2, 0) is 6.61 Å². The van der Waals surface area contributed by atoms with Gasteiger partial charge < -0.3 is 9.84 Å². The van der Waals surface area contributed by atoms with Gasteiger partial charge in [0.05, 0.1) is 23.0 Å². The van der Waals surface area contributed by atoms with Crippen molar-refractivity contribution < 1.29 is 9.84 Å². The molecule has 1 saturated carbocycles. The van der Waals surface area contributed by atoms with Gasteiger partial charge in [0, 0.05) is 18.0 Å². The van der Waals surface area contributed by atoms with Crippen molar-refractivity contribution in [3.63, 3.8) is 0 Å². The lowest BCUT2D eigenvalue weighted by molar-refractivity contribution is 0.303. The van der Waals surface area contributed by atoms with E-state index < -0.39 is 0 Å². The Hall–Kier alpha value is -3.08. The Bertz CT molecular complexity index is 913. The molecule has 1 N–H and O–H groups in total. The van der Waals surface area contributed by atoms with Gasteiger partial charge in [-0.25, -0.2) is 0 Å². The molecule has 0 aliphatic heterocycles. The molecule has 2 heterocycles. The Morgan fingerprint density at radius 3 is 2.88 bits per heavy atom. The summed E-state index contributed by atoms with van der Waals surface area (Å²) < 4.78 is 8.00. The molecule has 1 aliphatic rings. The average Bonchev–Trinajstić information content (AvgIpc) is 3.37. The SMILES string of the molecule is C=Cc1c(O)cccc1OCc1cccnc1-c1ccnn1C1CC1. The van der Waals surface area contributed by atoms with Crippen molar-refractivity contribution in [2.75, 3.05) is 0 Å². The van der Waals surface area contributed by atoms with Crippen molar-refractivity contribution in [1.82, 2.24) is 14.8 Å². The number of phenolic OH excluding ortho intramolecular Hbond substituents is 1. The van der Waals surface area contributed by atoms with Gasteiger partial charge in [0.1, 0.15) is 18.1 Å². The first-order valence-electron chi connectivity index (χ1n) is 8.33. The summed E-state index contributed by atoms with van der Waals surface area (Å²) in [6.45, 7) is 4.09. The van der Waals surface area contributed by atoms with Crippen LogP contribution in [0.15, 0.2) is 55.4 Å². The molecule has 0 bridgehead atoms. The van der Waals surface area contributed by atoms with E-state index in [9.17, 15) is 5.11 Å². The summed E-state index contributed by atoms with van der Waals surface area (Å²) in [5, 5.41) is 14.4. The monoisotopic (exact) mass is 333 g/mol. The average molecular weight is 333 g/mol. The lowest BCUT2D eigenvalue weighted by Gasteiger charge is -2.13. The highest BCUT2D eigenvalue weighted by Gasteiger charge is 2.27. The number of hydrogen-bond acceptors (Lipinski definition) is 4. The van der Waals surface area contributed by atoms with Crippen molar-refractivity contribution in [3.05, 3.63) is 66.5 Å². The van der Waals surface area contributed by atoms with Crippen LogP contribution in [0.1, 0.15) is 30.0 Å². The predicted molar refractivity (Wildman–Crippen MR) is 96.3 cm³/mol. The van der Waals surface area contributed by atoms with E-state index in [1.807, 2.05) is 30.5 Å². The lowest BCUT2D eigenvalue weighted by Crippen LogP contribution is -2.05. The third-order valence-electron chi connectivity index (χ3n) is 4.33. The minimum atomic E-state index is 0.158. The number of hydrogen-bond donors (Lipinski definition) is 1. The summed E-state index contributed by atoms with van der Waals surface area (Å²) in [5.41, 5.74) is 3.47. The minimum Gasteiger partial charge on any atom is -0.507 e. The van der Waals surface area contributed by atoms with Crippen LogP contribution >= 0.6 is 0 Å². The third kappa shape index (κ3) is 3.01. The molecule has 1 aromatic carbocycles. The first kappa shape index (κ1) is 15.4. The maximum atomic E-state index is 9.92. The van der Waals surface area contributed by atoms with Crippen molar-refractivity contribution in [2.45, 2.75) is 25.5 Å². The van der Waals surface area contributed by atoms with E-state index in [0.717, 1.165) is 17.0 Å². The standard InChI is InChI=1S/C20H19N3O2/c1-2-16-18(24)6-3-7-19(16)25-13-14-5-4-11-21-20(14)17-10-12-22-23(17)15-8-9-15/h2-7,10-12,15,24H,1,8-9,13H2. The van der Waals surface area contributed by atoms with Crippen molar-refractivity contribution in [3.8, 4) is 22.9 Å². The number of aromatic nitrogens is 3. The van der Waals surface area contributed by atoms with Crippen LogP contribution in [-0.4, -0.2) is 19.9 Å². The second-order valence-electron chi connectivity index (χ2n) is 6.09. The molecule has 0 unspecified atom stereocenters. The minimum absolute atomic E-state index is 0.158. The fraction of sp³-hybridized carbons (Fsp3) is 0.200. The van der Waals surface area contributed by atoms with Gasteiger partial charge >= 0.3 is 0 Å². The summed E-state index contributed by atoms with van der Waals surface area (Å²) in [6.07, 6.45) is 7.53. The van der Waals surface area contributed by atoms with E-state index in [-0.39, 0.29) is 5.75 Å². The highest BCUT2D eigenvalue weighted by Crippen LogP contribution is 2.38. The van der Waals surface area contributed by atoms with Crippen molar-refractivity contribution in [1.29, 1.82) is 0 Å². The summed E-state index contributed by atoms with van der Waals surface area (Å²) in [4.78, 5) is 4.55. The normalized spacial score (nSPS) is 13.6. The van der Waals surface area contributed by atoms with Crippen LogP contribution < -0.4 is 4.74 Å². The fourth-order valence-corrected chi connectivity index (χ4v) is 2.92. The highest BCUT2D eigenvalue weighted by atomic mass is 16.5. The topological polar surface area (TPSA) is 60.2 Å². The maximum Gasteiger partial charge on any atom is 0.130 e. The molecule has 0 radical (unpaired) electrons. The second-order valence-corrected chi connectivity index (χ2v) is 6.09. The molecule has 5 nitrogen and oxygen atoms in total. The highest BCUT2D eigenvalue weighted by molar-refractivity contribution is 5.63. The zero-order valence-corrected chi connectivity index (χ0v) is 13.8. The van der Waals surface area contributed by atoms with E-state index in [1.165, 1.54) is 12.8 Å². The predicted octanol–water partition coefficient (Wildman–Crippen LogP) is 4.21. The molecule has 0 saturated heterocycles. The number of ether oxygens (including phenoxy) is 1. The van der Waals surface area contributed by atoms with Crippen LogP contribution in [0.5, 0.6) is 11.5 Å². The van der Waals surface area contributed by atoms with E-state index in [1.54, 1.807) is 24.4 Å². The quantitative estimate of drug-likeness (QED) is 0.734. The molecule has 1 aliphatic carbocycles. The van der Waals surface area contributed by atoms with Gasteiger partial charge in [0.15, 0.2) is 0 Å². The molecule has 25 heavy (non-hydrogen) atoms. The molecular formula is C20H19N3O2. The van der Waals surface area contributed by atoms with Gasteiger partial charge in [-0.15, -0.1) is 0 Å². The van der Waals surface area contributed by atoms with Crippen LogP contribution in [0.3, 0.4) is 0 Å². The smallest absolute Gasteiger partial charge is 0.130 e. The Morgan fingerprint density at radius 1 is 1.20 bits per heavy atom. The lowest BCUT2D eigenvalue weighted by atomic mass is 10.1. The number of rotatable bonds is 6. The van der Waals surface area contributed by atoms with Crippen LogP contribution in [0.25, 0.3) is 17.5 Å². The number of nitrogens with zero attached hydrogens (tertiary/aromatic N) is 3. The van der Waals surface area contributed by atoms with Crippen LogP contribution in [0.2, 0.25) is 0 Å². The summed E-state index contributed by atoms with van der Waals surface area (Å²) >= 11 is 0. The molecule has 0 spiro atoms. The van der Waals surface area contributed by atoms with Crippen molar-refractivity contribution in [2.24, 2.45) is 0 Å². The van der Waals surface area contributed by atoms with E-state index >= 15 is 0 Å². The van der Waals surface area contributed by atoms with Gasteiger partial charge in [0.2, 0.25) is 0 Å². The molecule has 4 rings (SSSR count). The van der Waals surface area contributed by atoms with Crippen molar-refractivity contribution >= 4 is 6.08 Å². The third-order valence-corrected chi connectivity index (χ3v) is 4.33. The largest absolute Gasteiger partial charge is 0.507 e. The van der Waals surface area contributed by atoms with Gasteiger partial charge in [-0.1, -0.05) is 24.8 Å². The Balaban J connectivity index is 1.63. The zero-order chi connectivity index (χ0) is 17.2. The summed E-state index contributed by atoms with van der Waals surface area (Å²) in [5.74, 6) is 0.756. The molecule has 0 atom stereocenters. The van der Waals surface area contributed by atoms with Gasteiger partial charge in [-0.3, -0.25) is 9.67 Å². The molecule has 126 valence electrons. The van der Waals surface area contributed by atoms with E-state index in [0.29, 0.717) is 24.0 Å². The Morgan fingerprint density at radius 2 is 2.08 bits per heavy atom. The van der Waals surface area contributed by atoms with E-state index in [2.05, 4.69) is 21.3 Å². The van der Waals surface area contributed by atoms with E-state index in [4.69, 9.17) is 4.74 Å². The second kappa shape index (κ2) is 6.43. The number of pyridine rings is 1. The number of aromatic hydroxyl groups is 1. The van der Waals surface area contributed by atoms with Gasteiger partial charge in [0.25, 0.3) is 0 Å². The molecule has 2 aromatic heterocycles. The number of phenols is 1. The molecule has 5 heteroatoms. The Labute approximate surface area is 146 Å². The molecule has 3 aromatic rings. The van der Waals surface area contributed by atoms with Gasteiger partial charge in [-0.2, -0.15) is 5.10 Å². The van der Waals surface area contributed by atoms with Gasteiger partial charge in [-0.05, 0) is 37.1 Å². The van der Waals surface area contributed by atoms with Crippen LogP contribution in [0, 0.1) is 0 Å². The molecular weight excluding hydrogens is 314 g/mol. The fourth-order valence-electron chi connectivity index (χ4n) is 2.92. The summed E-state index contributed by atoms with van der Waals surface area (Å²) in [6, 6.07) is 11.6. The first-order valence-corrected chi connectivity index (χ1v) is 8.33. The zero-order valence-electron chi connectivity index (χ0n) is 13.8. The number of benzene rings is 1. The molecule has 0 amide bonds. The maximum absolute atomic E-state index is 9.92. The first-order chi connectivity index (χ1) is 12.3. The summed E-state index contributed by atoms with van der Waals surface area (Å²) in [7, 11) is 0.